The molecule has 13 rings (SSSR count). The van der Waals surface area contributed by atoms with E-state index in [0.29, 0.717) is 17.8 Å². The number of allylic oxidation sites excluding steroid dienone is 10. The molecule has 0 bridgehead atoms. The molecule has 0 saturated heterocycles. The van der Waals surface area contributed by atoms with Gasteiger partial charge in [-0.05, 0) is 155 Å². The Balaban J connectivity index is 0.921. The second kappa shape index (κ2) is 14.5. The topological polar surface area (TPSA) is 17.8 Å². The molecule has 4 aliphatic carbocycles. The Bertz CT molecular complexity index is 3660. The number of imidazole rings is 1. The number of para-hydroxylation sites is 3. The number of nitrogens with zero attached hydrogens (tertiary/aromatic N) is 2. The predicted octanol–water partition coefficient (Wildman–Crippen LogP) is 14.0. The Morgan fingerprint density at radius 2 is 1.16 bits per heavy atom. The molecule has 0 N–H and O–H groups in total. The van der Waals surface area contributed by atoms with Crippen LogP contribution in [0.5, 0.6) is 0 Å². The zero-order valence-electron chi connectivity index (χ0n) is 35.0. The van der Waals surface area contributed by atoms with Crippen LogP contribution in [0.25, 0.3) is 94.6 Å². The molecule has 3 unspecified atom stereocenters. The largest absolute Gasteiger partial charge is 0.292 e. The van der Waals surface area contributed by atoms with Gasteiger partial charge in [-0.15, -0.1) is 0 Å². The molecule has 0 spiro atoms. The SMILES string of the molecule is C1=CC2C(C=CC3=CC(c4ccc5c(-c6ccc7ccccc7c6)c6c(c(-c7ccc8ccccc8c7)c5c4)=CCCC=6)=CCC32)C=C1c1nc2ccccc2n1-c1ccccc1. The van der Waals surface area contributed by atoms with Gasteiger partial charge in [0.25, 0.3) is 0 Å². The predicted molar refractivity (Wildman–Crippen MR) is 266 cm³/mol. The van der Waals surface area contributed by atoms with Crippen molar-refractivity contribution in [2.75, 3.05) is 0 Å². The van der Waals surface area contributed by atoms with Crippen LogP contribution in [0.3, 0.4) is 0 Å². The van der Waals surface area contributed by atoms with Crippen LogP contribution in [-0.2, 0) is 0 Å². The lowest BCUT2D eigenvalue weighted by Crippen LogP contribution is -2.31. The van der Waals surface area contributed by atoms with Crippen molar-refractivity contribution in [2.45, 2.75) is 19.3 Å². The number of benzene rings is 8. The minimum atomic E-state index is 0.309. The van der Waals surface area contributed by atoms with Crippen molar-refractivity contribution < 1.29 is 0 Å². The maximum atomic E-state index is 5.19. The van der Waals surface area contributed by atoms with E-state index in [1.807, 2.05) is 0 Å². The van der Waals surface area contributed by atoms with Crippen LogP contribution in [0.1, 0.15) is 30.7 Å². The summed E-state index contributed by atoms with van der Waals surface area (Å²) in [4.78, 5) is 5.19. The second-order valence-electron chi connectivity index (χ2n) is 17.7. The first kappa shape index (κ1) is 36.1. The van der Waals surface area contributed by atoms with Crippen LogP contribution >= 0.6 is 0 Å². The fourth-order valence-corrected chi connectivity index (χ4v) is 11.1. The third-order valence-corrected chi connectivity index (χ3v) is 14.1. The minimum absolute atomic E-state index is 0.309. The van der Waals surface area contributed by atoms with Crippen LogP contribution in [0.15, 0.2) is 206 Å². The molecule has 4 aliphatic rings. The molecule has 0 fully saturated rings. The second-order valence-corrected chi connectivity index (χ2v) is 17.7. The van der Waals surface area contributed by atoms with Gasteiger partial charge in [0.2, 0.25) is 0 Å². The lowest BCUT2D eigenvalue weighted by molar-refractivity contribution is 0.392. The molecule has 0 aliphatic heterocycles. The molecule has 8 aromatic carbocycles. The molecule has 1 aromatic heterocycles. The summed E-state index contributed by atoms with van der Waals surface area (Å²) in [6.07, 6.45) is 25.2. The molecule has 2 nitrogen and oxygen atoms in total. The van der Waals surface area contributed by atoms with Gasteiger partial charge in [0.05, 0.1) is 11.0 Å². The van der Waals surface area contributed by atoms with E-state index in [1.54, 1.807) is 0 Å². The first-order valence-corrected chi connectivity index (χ1v) is 22.5. The molecule has 1 heterocycles. The standard InChI is InChI=1S/C61H44N2/c1-2-16-50(17-3-1)63-58-21-11-10-20-57(58)62-61(63)49-30-32-52-46(37-49)25-24-45-34-43(28-31-51(45)52)44-29-33-55-56(38-44)60(48-27-23-40-13-5-7-15-42(40)36-48)54-19-9-8-18-53(54)59(55)47-26-22-39-12-4-6-14-41(39)35-47/h1-7,10-30,32-38,46,51-52H,8-9,31H2. The molecular weight excluding hydrogens is 761 g/mol. The lowest BCUT2D eigenvalue weighted by Gasteiger charge is -2.37. The smallest absolute Gasteiger partial charge is 0.145 e. The molecule has 298 valence electrons. The maximum absolute atomic E-state index is 5.19. The highest BCUT2D eigenvalue weighted by molar-refractivity contribution is 6.09. The summed E-state index contributed by atoms with van der Waals surface area (Å²) in [5, 5.41) is 10.4. The monoisotopic (exact) mass is 804 g/mol. The number of hydrogen-bond donors (Lipinski definition) is 0. The fourth-order valence-electron chi connectivity index (χ4n) is 11.1. The Labute approximate surface area is 367 Å². The molecule has 0 saturated carbocycles. The quantitative estimate of drug-likeness (QED) is 0.169. The summed E-state index contributed by atoms with van der Waals surface area (Å²) >= 11 is 0. The number of rotatable bonds is 5. The van der Waals surface area contributed by atoms with Crippen LogP contribution in [0, 0.1) is 17.8 Å². The highest BCUT2D eigenvalue weighted by Gasteiger charge is 2.34. The Hall–Kier alpha value is -7.55. The highest BCUT2D eigenvalue weighted by atomic mass is 15.1. The van der Waals surface area contributed by atoms with Crippen molar-refractivity contribution in [1.82, 2.24) is 9.55 Å². The fraction of sp³-hybridized carbons (Fsp3) is 0.0984. The summed E-state index contributed by atoms with van der Waals surface area (Å²) in [6.45, 7) is 0. The van der Waals surface area contributed by atoms with E-state index in [0.717, 1.165) is 41.8 Å². The van der Waals surface area contributed by atoms with Crippen molar-refractivity contribution in [3.05, 3.63) is 228 Å². The van der Waals surface area contributed by atoms with Gasteiger partial charge in [0, 0.05) is 17.2 Å². The van der Waals surface area contributed by atoms with Crippen molar-refractivity contribution in [3.63, 3.8) is 0 Å². The third-order valence-electron chi connectivity index (χ3n) is 14.1. The maximum Gasteiger partial charge on any atom is 0.145 e. The van der Waals surface area contributed by atoms with E-state index in [4.69, 9.17) is 4.98 Å². The van der Waals surface area contributed by atoms with E-state index >= 15 is 0 Å². The van der Waals surface area contributed by atoms with Crippen molar-refractivity contribution in [2.24, 2.45) is 17.8 Å². The number of hydrogen-bond acceptors (Lipinski definition) is 1. The molecule has 63 heavy (non-hydrogen) atoms. The molecule has 0 amide bonds. The van der Waals surface area contributed by atoms with Crippen LogP contribution in [0.4, 0.5) is 0 Å². The molecule has 0 radical (unpaired) electrons. The highest BCUT2D eigenvalue weighted by Crippen LogP contribution is 2.46. The summed E-state index contributed by atoms with van der Waals surface area (Å²) in [7, 11) is 0. The van der Waals surface area contributed by atoms with Crippen molar-refractivity contribution >= 4 is 66.6 Å². The zero-order chi connectivity index (χ0) is 41.4. The first-order chi connectivity index (χ1) is 31.2. The molecule has 2 heteroatoms. The summed E-state index contributed by atoms with van der Waals surface area (Å²) in [6, 6.07) is 57.9. The van der Waals surface area contributed by atoms with Gasteiger partial charge >= 0.3 is 0 Å². The van der Waals surface area contributed by atoms with E-state index in [-0.39, 0.29) is 0 Å². The first-order valence-electron chi connectivity index (χ1n) is 22.5. The van der Waals surface area contributed by atoms with Gasteiger partial charge in [0.1, 0.15) is 5.82 Å². The van der Waals surface area contributed by atoms with Crippen molar-refractivity contribution in [1.29, 1.82) is 0 Å². The molecule has 9 aromatic rings. The zero-order valence-corrected chi connectivity index (χ0v) is 35.0. The average molecular weight is 805 g/mol. The summed E-state index contributed by atoms with van der Waals surface area (Å²) in [5.74, 6) is 2.13. The molecular formula is C61H44N2. The van der Waals surface area contributed by atoms with Crippen LogP contribution in [-0.4, -0.2) is 9.55 Å². The Morgan fingerprint density at radius 3 is 1.90 bits per heavy atom. The molecule has 3 atom stereocenters. The van der Waals surface area contributed by atoms with Gasteiger partial charge in [-0.25, -0.2) is 4.98 Å². The van der Waals surface area contributed by atoms with Crippen LogP contribution in [0.2, 0.25) is 0 Å². The van der Waals surface area contributed by atoms with Crippen molar-refractivity contribution in [3.8, 4) is 27.9 Å². The average Bonchev–Trinajstić information content (AvgIpc) is 3.75. The van der Waals surface area contributed by atoms with E-state index < -0.39 is 0 Å². The van der Waals surface area contributed by atoms with Gasteiger partial charge in [-0.2, -0.15) is 0 Å². The van der Waals surface area contributed by atoms with Gasteiger partial charge in [-0.1, -0.05) is 170 Å². The van der Waals surface area contributed by atoms with Gasteiger partial charge < -0.3 is 0 Å². The summed E-state index contributed by atoms with van der Waals surface area (Å²) in [5.41, 5.74) is 13.7. The van der Waals surface area contributed by atoms with Crippen LogP contribution < -0.4 is 10.4 Å². The minimum Gasteiger partial charge on any atom is -0.292 e. The van der Waals surface area contributed by atoms with Gasteiger partial charge in [-0.3, -0.25) is 4.57 Å². The lowest BCUT2D eigenvalue weighted by atomic mass is 9.67. The van der Waals surface area contributed by atoms with Gasteiger partial charge in [0.15, 0.2) is 0 Å². The number of fused-ring (bicyclic) bond motifs is 8. The Kier molecular flexibility index (Phi) is 8.34. The normalized spacial score (nSPS) is 18.9. The van der Waals surface area contributed by atoms with E-state index in [1.165, 1.54) is 87.3 Å². The van der Waals surface area contributed by atoms with E-state index in [2.05, 4.69) is 217 Å². The van der Waals surface area contributed by atoms with E-state index in [9.17, 15) is 0 Å². The number of aromatic nitrogens is 2. The Morgan fingerprint density at radius 1 is 0.508 bits per heavy atom. The summed E-state index contributed by atoms with van der Waals surface area (Å²) < 4.78 is 2.31. The third kappa shape index (κ3) is 5.97.